The number of rotatable bonds is 2. The molecule has 0 unspecified atom stereocenters. The molecule has 0 bridgehead atoms. The molecule has 4 nitrogen and oxygen atoms in total. The fourth-order valence-corrected chi connectivity index (χ4v) is 3.24. The van der Waals surface area contributed by atoms with Crippen molar-refractivity contribution >= 4 is 22.5 Å². The van der Waals surface area contributed by atoms with Crippen LogP contribution in [0.4, 0.5) is 5.69 Å². The van der Waals surface area contributed by atoms with Gasteiger partial charge in [-0.15, -0.1) is 0 Å². The van der Waals surface area contributed by atoms with Gasteiger partial charge in [0.25, 0.3) is 5.91 Å². The van der Waals surface area contributed by atoms with E-state index in [0.29, 0.717) is 12.3 Å². The van der Waals surface area contributed by atoms with Crippen molar-refractivity contribution in [2.75, 3.05) is 12.0 Å². The van der Waals surface area contributed by atoms with Crippen LogP contribution < -0.4 is 9.64 Å². The molecule has 1 aliphatic rings. The normalized spacial score (nSPS) is 13.7. The largest absolute Gasteiger partial charge is 0.497 e. The Balaban J connectivity index is 1.77. The minimum absolute atomic E-state index is 0.0316. The van der Waals surface area contributed by atoms with E-state index < -0.39 is 0 Å². The van der Waals surface area contributed by atoms with Crippen molar-refractivity contribution in [3.05, 3.63) is 59.3 Å². The summed E-state index contributed by atoms with van der Waals surface area (Å²) in [5, 5.41) is 1.19. The predicted octanol–water partition coefficient (Wildman–Crippen LogP) is 3.66. The number of carbonyl (C=O) groups excluding carboxylic acids is 1. The molecule has 0 fully saturated rings. The molecule has 116 valence electrons. The number of ether oxygens (including phenoxy) is 1. The molecule has 1 aromatic heterocycles. The van der Waals surface area contributed by atoms with Crippen LogP contribution in [-0.2, 0) is 13.6 Å². The number of carbonyl (C=O) groups is 1. The topological polar surface area (TPSA) is 34.5 Å². The zero-order valence-corrected chi connectivity index (χ0v) is 13.5. The van der Waals surface area contributed by atoms with E-state index in [0.717, 1.165) is 22.3 Å². The highest BCUT2D eigenvalue weighted by Gasteiger charge is 2.29. The summed E-state index contributed by atoms with van der Waals surface area (Å²) in [7, 11) is 3.66. The highest BCUT2D eigenvalue weighted by molar-refractivity contribution is 6.10. The Morgan fingerprint density at radius 3 is 2.70 bits per heavy atom. The number of methoxy groups -OCH3 is 1. The summed E-state index contributed by atoms with van der Waals surface area (Å²) in [6, 6.07) is 14.0. The molecule has 0 radical (unpaired) electrons. The Morgan fingerprint density at radius 2 is 1.91 bits per heavy atom. The highest BCUT2D eigenvalue weighted by Crippen LogP contribution is 2.32. The third-order valence-corrected chi connectivity index (χ3v) is 4.70. The van der Waals surface area contributed by atoms with Crippen LogP contribution in [0.25, 0.3) is 10.9 Å². The van der Waals surface area contributed by atoms with Crippen LogP contribution in [-0.4, -0.2) is 17.6 Å². The SMILES string of the molecule is COc1ccc2c(c1)C(=O)N(c1ccc3cc(C)n(C)c3c1)C2. The molecule has 4 rings (SSSR count). The molecule has 0 aliphatic carbocycles. The molecule has 0 N–H and O–H groups in total. The van der Waals surface area contributed by atoms with Gasteiger partial charge >= 0.3 is 0 Å². The Hall–Kier alpha value is -2.75. The molecular formula is C19H18N2O2. The molecule has 0 saturated heterocycles. The summed E-state index contributed by atoms with van der Waals surface area (Å²) >= 11 is 0. The van der Waals surface area contributed by atoms with E-state index in [1.54, 1.807) is 7.11 Å². The molecule has 1 amide bonds. The number of hydrogen-bond donors (Lipinski definition) is 0. The monoisotopic (exact) mass is 306 g/mol. The summed E-state index contributed by atoms with van der Waals surface area (Å²) in [6.07, 6.45) is 0. The van der Waals surface area contributed by atoms with E-state index in [1.807, 2.05) is 36.2 Å². The van der Waals surface area contributed by atoms with Gasteiger partial charge in [-0.25, -0.2) is 0 Å². The third kappa shape index (κ3) is 2.02. The van der Waals surface area contributed by atoms with Gasteiger partial charge in [0.1, 0.15) is 5.75 Å². The molecule has 4 heteroatoms. The van der Waals surface area contributed by atoms with Gasteiger partial charge in [-0.2, -0.15) is 0 Å². The third-order valence-electron chi connectivity index (χ3n) is 4.70. The van der Waals surface area contributed by atoms with E-state index in [1.165, 1.54) is 11.1 Å². The number of aromatic nitrogens is 1. The van der Waals surface area contributed by atoms with Gasteiger partial charge in [-0.05, 0) is 48.2 Å². The lowest BCUT2D eigenvalue weighted by molar-refractivity contribution is 0.0996. The quantitative estimate of drug-likeness (QED) is 0.724. The minimum Gasteiger partial charge on any atom is -0.497 e. The molecule has 23 heavy (non-hydrogen) atoms. The van der Waals surface area contributed by atoms with Crippen molar-refractivity contribution in [1.29, 1.82) is 0 Å². The summed E-state index contributed by atoms with van der Waals surface area (Å²) in [6.45, 7) is 2.69. The minimum atomic E-state index is 0.0316. The van der Waals surface area contributed by atoms with Gasteiger partial charge in [0.15, 0.2) is 0 Å². The van der Waals surface area contributed by atoms with Gasteiger partial charge < -0.3 is 14.2 Å². The maximum Gasteiger partial charge on any atom is 0.259 e. The summed E-state index contributed by atoms with van der Waals surface area (Å²) in [5.41, 5.74) is 5.05. The number of benzene rings is 2. The summed E-state index contributed by atoms with van der Waals surface area (Å²) in [4.78, 5) is 14.6. The average Bonchev–Trinajstić information content (AvgIpc) is 3.04. The van der Waals surface area contributed by atoms with Gasteiger partial charge in [0.05, 0.1) is 19.2 Å². The van der Waals surface area contributed by atoms with Crippen molar-refractivity contribution in [2.45, 2.75) is 13.5 Å². The second-order valence-corrected chi connectivity index (χ2v) is 6.00. The van der Waals surface area contributed by atoms with Crippen LogP contribution in [0, 0.1) is 6.92 Å². The maximum atomic E-state index is 12.8. The first-order chi connectivity index (χ1) is 11.1. The Bertz CT molecular complexity index is 940. The van der Waals surface area contributed by atoms with E-state index in [2.05, 4.69) is 29.7 Å². The second-order valence-electron chi connectivity index (χ2n) is 6.00. The van der Waals surface area contributed by atoms with Crippen LogP contribution in [0.15, 0.2) is 42.5 Å². The average molecular weight is 306 g/mol. The molecule has 2 heterocycles. The van der Waals surface area contributed by atoms with Crippen LogP contribution >= 0.6 is 0 Å². The lowest BCUT2D eigenvalue weighted by atomic mass is 10.1. The summed E-state index contributed by atoms with van der Waals surface area (Å²) < 4.78 is 7.38. The molecule has 3 aromatic rings. The van der Waals surface area contributed by atoms with E-state index in [-0.39, 0.29) is 5.91 Å². The Labute approximate surface area is 134 Å². The number of aryl methyl sites for hydroxylation is 2. The molecule has 2 aromatic carbocycles. The smallest absolute Gasteiger partial charge is 0.259 e. The molecular weight excluding hydrogens is 288 g/mol. The molecule has 0 saturated carbocycles. The van der Waals surface area contributed by atoms with Crippen LogP contribution in [0.3, 0.4) is 0 Å². The number of nitrogens with zero attached hydrogens (tertiary/aromatic N) is 2. The molecule has 0 spiro atoms. The zero-order valence-electron chi connectivity index (χ0n) is 13.5. The standard InChI is InChI=1S/C19H18N2O2/c1-12-8-13-4-6-15(9-18(13)20(12)2)21-11-14-5-7-16(23-3)10-17(14)19(21)22/h4-10H,11H2,1-3H3. The number of hydrogen-bond acceptors (Lipinski definition) is 2. The fraction of sp³-hybridized carbons (Fsp3) is 0.211. The van der Waals surface area contributed by atoms with E-state index in [4.69, 9.17) is 4.74 Å². The molecule has 0 atom stereocenters. The van der Waals surface area contributed by atoms with Crippen molar-refractivity contribution < 1.29 is 9.53 Å². The first-order valence-electron chi connectivity index (χ1n) is 7.63. The van der Waals surface area contributed by atoms with Crippen molar-refractivity contribution in [1.82, 2.24) is 4.57 Å². The number of amides is 1. The molecule has 1 aliphatic heterocycles. The van der Waals surface area contributed by atoms with Gasteiger partial charge in [0.2, 0.25) is 0 Å². The lowest BCUT2D eigenvalue weighted by Gasteiger charge is -2.16. The van der Waals surface area contributed by atoms with Crippen LogP contribution in [0.1, 0.15) is 21.6 Å². The van der Waals surface area contributed by atoms with Crippen LogP contribution in [0.5, 0.6) is 5.75 Å². The summed E-state index contributed by atoms with van der Waals surface area (Å²) in [5.74, 6) is 0.747. The number of anilines is 1. The van der Waals surface area contributed by atoms with Crippen molar-refractivity contribution in [3.63, 3.8) is 0 Å². The lowest BCUT2D eigenvalue weighted by Crippen LogP contribution is -2.22. The first-order valence-corrected chi connectivity index (χ1v) is 7.63. The highest BCUT2D eigenvalue weighted by atomic mass is 16.5. The first kappa shape index (κ1) is 13.9. The zero-order chi connectivity index (χ0) is 16.1. The Kier molecular flexibility index (Phi) is 2.94. The fourth-order valence-electron chi connectivity index (χ4n) is 3.24. The van der Waals surface area contributed by atoms with Gasteiger partial charge in [-0.1, -0.05) is 12.1 Å². The van der Waals surface area contributed by atoms with Crippen molar-refractivity contribution in [3.8, 4) is 5.75 Å². The van der Waals surface area contributed by atoms with Gasteiger partial charge in [0, 0.05) is 24.0 Å². The van der Waals surface area contributed by atoms with Gasteiger partial charge in [-0.3, -0.25) is 4.79 Å². The maximum absolute atomic E-state index is 12.8. The van der Waals surface area contributed by atoms with E-state index >= 15 is 0 Å². The predicted molar refractivity (Wildman–Crippen MR) is 91.2 cm³/mol. The second kappa shape index (κ2) is 4.88. The van der Waals surface area contributed by atoms with Crippen LogP contribution in [0.2, 0.25) is 0 Å². The number of fused-ring (bicyclic) bond motifs is 2. The van der Waals surface area contributed by atoms with Crippen molar-refractivity contribution in [2.24, 2.45) is 7.05 Å². The van der Waals surface area contributed by atoms with E-state index in [9.17, 15) is 4.79 Å². The Morgan fingerprint density at radius 1 is 1.09 bits per heavy atom.